The number of para-hydroxylation sites is 1. The molecule has 1 aliphatic heterocycles. The van der Waals surface area contributed by atoms with Crippen LogP contribution < -0.4 is 5.32 Å². The number of piperazine rings is 1. The van der Waals surface area contributed by atoms with Crippen LogP contribution in [-0.2, 0) is 0 Å². The van der Waals surface area contributed by atoms with Crippen molar-refractivity contribution in [1.82, 2.24) is 20.4 Å². The minimum atomic E-state index is 0.123. The summed E-state index contributed by atoms with van der Waals surface area (Å²) in [5.74, 6) is 0.123. The molecule has 4 rings (SSSR count). The monoisotopic (exact) mass is 346 g/mol. The minimum Gasteiger partial charge on any atom is -0.336 e. The summed E-state index contributed by atoms with van der Waals surface area (Å²) in [5, 5.41) is 11.8. The molecule has 3 aromatic rings. The van der Waals surface area contributed by atoms with Crippen molar-refractivity contribution in [1.29, 1.82) is 0 Å². The molecule has 132 valence electrons. The molecule has 5 nitrogen and oxygen atoms in total. The zero-order valence-electron chi connectivity index (χ0n) is 14.8. The van der Waals surface area contributed by atoms with E-state index in [9.17, 15) is 4.79 Å². The fraction of sp³-hybridized carbons (Fsp3) is 0.238. The Labute approximate surface area is 152 Å². The Bertz CT molecular complexity index is 967. The molecule has 1 aliphatic rings. The van der Waals surface area contributed by atoms with Crippen LogP contribution in [0.5, 0.6) is 0 Å². The van der Waals surface area contributed by atoms with Gasteiger partial charge in [-0.25, -0.2) is 0 Å². The van der Waals surface area contributed by atoms with Gasteiger partial charge in [0.2, 0.25) is 0 Å². The van der Waals surface area contributed by atoms with Crippen molar-refractivity contribution in [3.8, 4) is 0 Å². The van der Waals surface area contributed by atoms with Gasteiger partial charge in [-0.2, -0.15) is 5.10 Å². The molecule has 1 aromatic heterocycles. The number of benzene rings is 2. The fourth-order valence-corrected chi connectivity index (χ4v) is 3.36. The normalized spacial score (nSPS) is 15.0. The summed E-state index contributed by atoms with van der Waals surface area (Å²) in [6.45, 7) is 5.27. The van der Waals surface area contributed by atoms with E-state index in [1.165, 1.54) is 0 Å². The van der Waals surface area contributed by atoms with Crippen molar-refractivity contribution in [3.63, 3.8) is 0 Å². The maximum atomic E-state index is 12.7. The van der Waals surface area contributed by atoms with E-state index in [-0.39, 0.29) is 5.91 Å². The number of aryl methyl sites for hydroxylation is 1. The van der Waals surface area contributed by atoms with Crippen LogP contribution in [0, 0.1) is 6.92 Å². The number of hydrogen-bond donors (Lipinski definition) is 2. The summed E-state index contributed by atoms with van der Waals surface area (Å²) < 4.78 is 0. The Hall–Kier alpha value is -2.92. The van der Waals surface area contributed by atoms with E-state index in [1.54, 1.807) is 0 Å². The highest BCUT2D eigenvalue weighted by Crippen LogP contribution is 2.19. The Balaban J connectivity index is 1.55. The van der Waals surface area contributed by atoms with Crippen LogP contribution in [0.15, 0.2) is 42.5 Å². The summed E-state index contributed by atoms with van der Waals surface area (Å²) in [6.07, 6.45) is 4.04. The topological polar surface area (TPSA) is 61.0 Å². The summed E-state index contributed by atoms with van der Waals surface area (Å²) >= 11 is 0. The van der Waals surface area contributed by atoms with Crippen molar-refractivity contribution in [2.24, 2.45) is 0 Å². The van der Waals surface area contributed by atoms with E-state index >= 15 is 0 Å². The average molecular weight is 346 g/mol. The number of rotatable bonds is 3. The Morgan fingerprint density at radius 3 is 2.73 bits per heavy atom. The zero-order chi connectivity index (χ0) is 17.9. The third-order valence-corrected chi connectivity index (χ3v) is 4.82. The standard InChI is InChI=1S/C21H22N4O/c1-15-14-16(6-8-17(15)21(26)25-12-10-22-11-13-25)7-9-20-18-4-2-3-5-19(18)23-24-20/h2-9,14,22H,10-13H2,1H3,(H,23,24). The Kier molecular flexibility index (Phi) is 4.54. The lowest BCUT2D eigenvalue weighted by Crippen LogP contribution is -2.46. The number of aromatic amines is 1. The smallest absolute Gasteiger partial charge is 0.254 e. The molecule has 2 aromatic carbocycles. The molecule has 2 N–H and O–H groups in total. The lowest BCUT2D eigenvalue weighted by atomic mass is 10.0. The van der Waals surface area contributed by atoms with Crippen LogP contribution in [0.2, 0.25) is 0 Å². The lowest BCUT2D eigenvalue weighted by molar-refractivity contribution is 0.0735. The van der Waals surface area contributed by atoms with Crippen LogP contribution in [0.1, 0.15) is 27.2 Å². The predicted molar refractivity (Wildman–Crippen MR) is 105 cm³/mol. The third kappa shape index (κ3) is 3.26. The number of H-pyrrole nitrogens is 1. The number of hydrogen-bond acceptors (Lipinski definition) is 3. The summed E-state index contributed by atoms with van der Waals surface area (Å²) in [5.41, 5.74) is 4.79. The molecule has 0 radical (unpaired) electrons. The summed E-state index contributed by atoms with van der Waals surface area (Å²) in [4.78, 5) is 14.6. The van der Waals surface area contributed by atoms with Gasteiger partial charge in [-0.3, -0.25) is 9.89 Å². The van der Waals surface area contributed by atoms with Crippen molar-refractivity contribution in [3.05, 3.63) is 64.8 Å². The number of carbonyl (C=O) groups is 1. The molecule has 0 saturated carbocycles. The summed E-state index contributed by atoms with van der Waals surface area (Å²) in [6, 6.07) is 14.1. The second-order valence-corrected chi connectivity index (χ2v) is 6.60. The van der Waals surface area contributed by atoms with Crippen molar-refractivity contribution >= 4 is 29.0 Å². The first kappa shape index (κ1) is 16.5. The molecule has 1 fully saturated rings. The number of nitrogens with one attached hydrogen (secondary N) is 2. The second kappa shape index (κ2) is 7.14. The quantitative estimate of drug-likeness (QED) is 0.766. The first-order valence-electron chi connectivity index (χ1n) is 8.94. The zero-order valence-corrected chi connectivity index (χ0v) is 14.8. The van der Waals surface area contributed by atoms with Gasteiger partial charge in [-0.05, 0) is 36.3 Å². The van der Waals surface area contributed by atoms with Crippen LogP contribution in [0.3, 0.4) is 0 Å². The highest BCUT2D eigenvalue weighted by atomic mass is 16.2. The number of fused-ring (bicyclic) bond motifs is 1. The third-order valence-electron chi connectivity index (χ3n) is 4.82. The van der Waals surface area contributed by atoms with Crippen LogP contribution >= 0.6 is 0 Å². The summed E-state index contributed by atoms with van der Waals surface area (Å²) in [7, 11) is 0. The average Bonchev–Trinajstić information content (AvgIpc) is 3.10. The van der Waals surface area contributed by atoms with Gasteiger partial charge >= 0.3 is 0 Å². The highest BCUT2D eigenvalue weighted by Gasteiger charge is 2.19. The van der Waals surface area contributed by atoms with Crippen molar-refractivity contribution in [2.75, 3.05) is 26.2 Å². The van der Waals surface area contributed by atoms with Gasteiger partial charge in [0.1, 0.15) is 0 Å². The first-order valence-corrected chi connectivity index (χ1v) is 8.94. The number of aromatic nitrogens is 2. The molecule has 26 heavy (non-hydrogen) atoms. The van der Waals surface area contributed by atoms with Gasteiger partial charge in [0.15, 0.2) is 0 Å². The molecule has 1 amide bonds. The van der Waals surface area contributed by atoms with E-state index in [0.29, 0.717) is 0 Å². The molecule has 0 aliphatic carbocycles. The molecule has 5 heteroatoms. The second-order valence-electron chi connectivity index (χ2n) is 6.60. The highest BCUT2D eigenvalue weighted by molar-refractivity contribution is 5.96. The molecule has 0 bridgehead atoms. The molecule has 2 heterocycles. The first-order chi connectivity index (χ1) is 12.7. The van der Waals surface area contributed by atoms with Gasteiger partial charge in [-0.1, -0.05) is 36.4 Å². The van der Waals surface area contributed by atoms with Gasteiger partial charge < -0.3 is 10.2 Å². The van der Waals surface area contributed by atoms with Gasteiger partial charge in [-0.15, -0.1) is 0 Å². The minimum absolute atomic E-state index is 0.123. The van der Waals surface area contributed by atoms with E-state index < -0.39 is 0 Å². The molecular formula is C21H22N4O. The number of amides is 1. The fourth-order valence-electron chi connectivity index (χ4n) is 3.36. The van der Waals surface area contributed by atoms with Crippen molar-refractivity contribution < 1.29 is 4.79 Å². The molecule has 0 spiro atoms. The number of carbonyl (C=O) groups excluding carboxylic acids is 1. The lowest BCUT2D eigenvalue weighted by Gasteiger charge is -2.28. The molecule has 0 unspecified atom stereocenters. The maximum absolute atomic E-state index is 12.7. The number of nitrogens with zero attached hydrogens (tertiary/aromatic N) is 2. The van der Waals surface area contributed by atoms with E-state index in [0.717, 1.165) is 59.5 Å². The molecule has 1 saturated heterocycles. The van der Waals surface area contributed by atoms with E-state index in [4.69, 9.17) is 0 Å². The van der Waals surface area contributed by atoms with Crippen LogP contribution in [0.4, 0.5) is 0 Å². The Morgan fingerprint density at radius 1 is 1.12 bits per heavy atom. The maximum Gasteiger partial charge on any atom is 0.254 e. The van der Waals surface area contributed by atoms with E-state index in [2.05, 4.69) is 27.6 Å². The van der Waals surface area contributed by atoms with Crippen LogP contribution in [0.25, 0.3) is 23.1 Å². The Morgan fingerprint density at radius 2 is 1.92 bits per heavy atom. The van der Waals surface area contributed by atoms with Gasteiger partial charge in [0.25, 0.3) is 5.91 Å². The van der Waals surface area contributed by atoms with Gasteiger partial charge in [0, 0.05) is 37.1 Å². The molecule has 0 atom stereocenters. The van der Waals surface area contributed by atoms with Crippen LogP contribution in [-0.4, -0.2) is 47.2 Å². The van der Waals surface area contributed by atoms with Gasteiger partial charge in [0.05, 0.1) is 11.2 Å². The molecular weight excluding hydrogens is 324 g/mol. The largest absolute Gasteiger partial charge is 0.336 e. The van der Waals surface area contributed by atoms with Crippen molar-refractivity contribution in [2.45, 2.75) is 6.92 Å². The SMILES string of the molecule is Cc1cc(C=Cc2n[nH]c3ccccc23)ccc1C(=O)N1CCNCC1. The van der Waals surface area contributed by atoms with E-state index in [1.807, 2.05) is 54.3 Å². The predicted octanol–water partition coefficient (Wildman–Crippen LogP) is 3.09.